The number of halogens is 1. The van der Waals surface area contributed by atoms with Crippen molar-refractivity contribution in [1.29, 1.82) is 0 Å². The van der Waals surface area contributed by atoms with Crippen molar-refractivity contribution < 1.29 is 8.42 Å². The van der Waals surface area contributed by atoms with Crippen LogP contribution in [-0.4, -0.2) is 13.4 Å². The molecule has 4 nitrogen and oxygen atoms in total. The molecule has 1 heterocycles. The Labute approximate surface area is 136 Å². The average molecular weight is 387 g/mol. The van der Waals surface area contributed by atoms with E-state index in [1.807, 2.05) is 6.92 Å². The van der Waals surface area contributed by atoms with E-state index in [2.05, 4.69) is 25.6 Å². The number of anilines is 1. The van der Waals surface area contributed by atoms with E-state index in [0.29, 0.717) is 5.13 Å². The van der Waals surface area contributed by atoms with Gasteiger partial charge in [-0.3, -0.25) is 4.72 Å². The quantitative estimate of drug-likeness (QED) is 0.869. The summed E-state index contributed by atoms with van der Waals surface area (Å²) in [5.74, 6) is 0. The molecule has 21 heavy (non-hydrogen) atoms. The average Bonchev–Trinajstić information content (AvgIpc) is 2.82. The highest BCUT2D eigenvalue weighted by atomic mass is 79.9. The number of aryl methyl sites for hydroxylation is 3. The van der Waals surface area contributed by atoms with Crippen LogP contribution in [0.4, 0.5) is 5.13 Å². The molecule has 1 aliphatic rings. The van der Waals surface area contributed by atoms with Crippen molar-refractivity contribution in [2.75, 3.05) is 4.72 Å². The first-order chi connectivity index (χ1) is 9.95. The molecule has 7 heteroatoms. The Morgan fingerprint density at radius 1 is 1.29 bits per heavy atom. The van der Waals surface area contributed by atoms with Crippen LogP contribution < -0.4 is 4.72 Å². The van der Waals surface area contributed by atoms with Crippen LogP contribution in [0.3, 0.4) is 0 Å². The molecule has 0 unspecified atom stereocenters. The monoisotopic (exact) mass is 386 g/mol. The van der Waals surface area contributed by atoms with Crippen LogP contribution in [0.2, 0.25) is 0 Å². The molecule has 0 spiro atoms. The maximum atomic E-state index is 12.4. The second-order valence-corrected chi connectivity index (χ2v) is 8.73. The molecule has 0 saturated heterocycles. The van der Waals surface area contributed by atoms with Gasteiger partial charge in [0.2, 0.25) is 0 Å². The smallest absolute Gasteiger partial charge is 0.255 e. The molecule has 1 aromatic heterocycles. The molecule has 1 aromatic carbocycles. The molecular weight excluding hydrogens is 372 g/mol. The van der Waals surface area contributed by atoms with E-state index in [-0.39, 0.29) is 4.90 Å². The second kappa shape index (κ2) is 5.70. The van der Waals surface area contributed by atoms with E-state index >= 15 is 0 Å². The van der Waals surface area contributed by atoms with E-state index in [4.69, 9.17) is 0 Å². The van der Waals surface area contributed by atoms with Crippen LogP contribution in [0.15, 0.2) is 27.6 Å². The summed E-state index contributed by atoms with van der Waals surface area (Å²) in [6.45, 7) is 1.87. The highest BCUT2D eigenvalue weighted by molar-refractivity contribution is 9.10. The fourth-order valence-electron chi connectivity index (χ4n) is 2.35. The molecule has 0 amide bonds. The van der Waals surface area contributed by atoms with Gasteiger partial charge in [0.05, 0.1) is 10.6 Å². The summed E-state index contributed by atoms with van der Waals surface area (Å²) in [6.07, 6.45) is 4.25. The van der Waals surface area contributed by atoms with Gasteiger partial charge < -0.3 is 0 Å². The number of fused-ring (bicyclic) bond motifs is 1. The summed E-state index contributed by atoms with van der Waals surface area (Å²) >= 11 is 4.83. The van der Waals surface area contributed by atoms with Gasteiger partial charge in [0.15, 0.2) is 5.13 Å². The number of hydrogen-bond acceptors (Lipinski definition) is 4. The molecule has 2 aromatic rings. The number of nitrogens with one attached hydrogen (secondary N) is 1. The first-order valence-corrected chi connectivity index (χ1v) is 9.82. The molecule has 3 rings (SSSR count). The molecule has 0 saturated carbocycles. The van der Waals surface area contributed by atoms with Gasteiger partial charge in [-0.2, -0.15) is 0 Å². The Balaban J connectivity index is 1.88. The third-order valence-corrected chi connectivity index (χ3v) is 6.94. The van der Waals surface area contributed by atoms with Crippen molar-refractivity contribution in [3.8, 4) is 0 Å². The number of hydrogen-bond donors (Lipinski definition) is 1. The van der Waals surface area contributed by atoms with Crippen LogP contribution in [0.1, 0.15) is 29.0 Å². The molecule has 0 radical (unpaired) electrons. The van der Waals surface area contributed by atoms with Crippen LogP contribution in [0, 0.1) is 6.92 Å². The number of sulfonamides is 1. The standard InChI is InChI=1S/C14H15BrN2O2S2/c1-9-8-10(6-7-11(9)15)21(18,19)17-14-16-12-4-2-3-5-13(12)20-14/h6-8H,2-5H2,1H3,(H,16,17). The van der Waals surface area contributed by atoms with Crippen molar-refractivity contribution in [2.24, 2.45) is 0 Å². The van der Waals surface area contributed by atoms with E-state index < -0.39 is 10.0 Å². The van der Waals surface area contributed by atoms with Crippen LogP contribution in [-0.2, 0) is 22.9 Å². The van der Waals surface area contributed by atoms with Crippen molar-refractivity contribution in [3.05, 3.63) is 38.8 Å². The third-order valence-electron chi connectivity index (χ3n) is 3.51. The Bertz CT molecular complexity index is 761. The van der Waals surface area contributed by atoms with Crippen LogP contribution in [0.25, 0.3) is 0 Å². The summed E-state index contributed by atoms with van der Waals surface area (Å²) < 4.78 is 28.3. The first kappa shape index (κ1) is 15.0. The summed E-state index contributed by atoms with van der Waals surface area (Å²) in [7, 11) is -3.57. The maximum absolute atomic E-state index is 12.4. The van der Waals surface area contributed by atoms with Gasteiger partial charge in [0.1, 0.15) is 0 Å². The third kappa shape index (κ3) is 3.14. The molecule has 0 bridgehead atoms. The fraction of sp³-hybridized carbons (Fsp3) is 0.357. The predicted octanol–water partition coefficient (Wildman–Crippen LogP) is 3.89. The topological polar surface area (TPSA) is 59.1 Å². The van der Waals surface area contributed by atoms with Crippen molar-refractivity contribution in [3.63, 3.8) is 0 Å². The first-order valence-electron chi connectivity index (χ1n) is 6.73. The lowest BCUT2D eigenvalue weighted by Gasteiger charge is -2.07. The van der Waals surface area contributed by atoms with Gasteiger partial charge >= 0.3 is 0 Å². The lowest BCUT2D eigenvalue weighted by molar-refractivity contribution is 0.601. The van der Waals surface area contributed by atoms with E-state index in [1.165, 1.54) is 16.2 Å². The highest BCUT2D eigenvalue weighted by Gasteiger charge is 2.20. The van der Waals surface area contributed by atoms with E-state index in [0.717, 1.165) is 41.4 Å². The zero-order valence-electron chi connectivity index (χ0n) is 11.5. The minimum atomic E-state index is -3.57. The number of aromatic nitrogens is 1. The van der Waals surface area contributed by atoms with Crippen molar-refractivity contribution >= 4 is 42.4 Å². The largest absolute Gasteiger partial charge is 0.263 e. The summed E-state index contributed by atoms with van der Waals surface area (Å²) in [5, 5.41) is 0.475. The Hall–Kier alpha value is -0.920. The number of benzene rings is 1. The van der Waals surface area contributed by atoms with Gasteiger partial charge in [0.25, 0.3) is 10.0 Å². The van der Waals surface area contributed by atoms with Crippen LogP contribution in [0.5, 0.6) is 0 Å². The SMILES string of the molecule is Cc1cc(S(=O)(=O)Nc2nc3c(s2)CCCC3)ccc1Br. The molecule has 0 atom stereocenters. The molecular formula is C14H15BrN2O2S2. The normalized spacial score (nSPS) is 14.8. The predicted molar refractivity (Wildman–Crippen MR) is 88.4 cm³/mol. The zero-order valence-corrected chi connectivity index (χ0v) is 14.7. The van der Waals surface area contributed by atoms with Crippen molar-refractivity contribution in [2.45, 2.75) is 37.5 Å². The number of thiazole rings is 1. The Kier molecular flexibility index (Phi) is 4.07. The van der Waals surface area contributed by atoms with Gasteiger partial charge in [-0.25, -0.2) is 13.4 Å². The molecule has 1 N–H and O–H groups in total. The van der Waals surface area contributed by atoms with Gasteiger partial charge in [-0.1, -0.05) is 15.9 Å². The van der Waals surface area contributed by atoms with Crippen LogP contribution >= 0.6 is 27.3 Å². The molecule has 0 fully saturated rings. The number of rotatable bonds is 3. The lowest BCUT2D eigenvalue weighted by Crippen LogP contribution is -2.13. The summed E-state index contributed by atoms with van der Waals surface area (Å²) in [6, 6.07) is 4.99. The minimum Gasteiger partial charge on any atom is -0.255 e. The summed E-state index contributed by atoms with van der Waals surface area (Å²) in [4.78, 5) is 5.89. The highest BCUT2D eigenvalue weighted by Crippen LogP contribution is 2.31. The van der Waals surface area contributed by atoms with Crippen molar-refractivity contribution in [1.82, 2.24) is 4.98 Å². The van der Waals surface area contributed by atoms with E-state index in [9.17, 15) is 8.42 Å². The molecule has 1 aliphatic carbocycles. The summed E-state index contributed by atoms with van der Waals surface area (Å²) in [5.41, 5.74) is 1.94. The second-order valence-electron chi connectivity index (χ2n) is 5.11. The minimum absolute atomic E-state index is 0.261. The Morgan fingerprint density at radius 3 is 2.76 bits per heavy atom. The fourth-order valence-corrected chi connectivity index (χ4v) is 4.97. The lowest BCUT2D eigenvalue weighted by atomic mass is 10.0. The van der Waals surface area contributed by atoms with Gasteiger partial charge in [-0.05, 0) is 56.4 Å². The Morgan fingerprint density at radius 2 is 2.05 bits per heavy atom. The maximum Gasteiger partial charge on any atom is 0.263 e. The molecule has 0 aliphatic heterocycles. The number of nitrogens with zero attached hydrogens (tertiary/aromatic N) is 1. The zero-order chi connectivity index (χ0) is 15.0. The van der Waals surface area contributed by atoms with Gasteiger partial charge in [0, 0.05) is 9.35 Å². The van der Waals surface area contributed by atoms with E-state index in [1.54, 1.807) is 18.2 Å². The van der Waals surface area contributed by atoms with Gasteiger partial charge in [-0.15, -0.1) is 11.3 Å². The molecule has 112 valence electrons.